The number of nitrogens with one attached hydrogen (secondary N) is 2. The Balaban J connectivity index is 2.17. The Kier molecular flexibility index (Phi) is 2.85. The second-order valence-corrected chi connectivity index (χ2v) is 4.56. The van der Waals surface area contributed by atoms with Gasteiger partial charge in [0.2, 0.25) is 0 Å². The highest BCUT2D eigenvalue weighted by Crippen LogP contribution is 2.54. The molecule has 0 aliphatic heterocycles. The first-order valence-corrected chi connectivity index (χ1v) is 5.60. The van der Waals surface area contributed by atoms with Crippen LogP contribution in [0.1, 0.15) is 30.4 Å². The second-order valence-electron chi connectivity index (χ2n) is 4.56. The van der Waals surface area contributed by atoms with Crippen LogP contribution in [0.25, 0.3) is 0 Å². The molecule has 2 N–H and O–H groups in total. The third kappa shape index (κ3) is 1.94. The third-order valence-electron chi connectivity index (χ3n) is 3.37. The summed E-state index contributed by atoms with van der Waals surface area (Å²) in [5.74, 6) is 2.06. The molecule has 2 rings (SSSR count). The highest BCUT2D eigenvalue weighted by atomic mass is 16.3. The van der Waals surface area contributed by atoms with Gasteiger partial charge in [0.15, 0.2) is 0 Å². The molecule has 3 heteroatoms. The SMILES string of the molecule is CNCC1(C(NC)c2ccc(C)o2)CC1. The Labute approximate surface area is 91.2 Å². The zero-order valence-corrected chi connectivity index (χ0v) is 9.76. The van der Waals surface area contributed by atoms with Crippen LogP contribution in [0.2, 0.25) is 0 Å². The van der Waals surface area contributed by atoms with Gasteiger partial charge in [-0.2, -0.15) is 0 Å². The fourth-order valence-corrected chi connectivity index (χ4v) is 2.44. The lowest BCUT2D eigenvalue weighted by Crippen LogP contribution is -2.33. The van der Waals surface area contributed by atoms with Crippen LogP contribution >= 0.6 is 0 Å². The highest BCUT2D eigenvalue weighted by Gasteiger charge is 2.49. The maximum atomic E-state index is 5.72. The molecule has 1 heterocycles. The first-order valence-electron chi connectivity index (χ1n) is 5.60. The van der Waals surface area contributed by atoms with Gasteiger partial charge < -0.3 is 15.1 Å². The molecule has 0 amide bonds. The molecule has 1 fully saturated rings. The summed E-state index contributed by atoms with van der Waals surface area (Å²) >= 11 is 0. The van der Waals surface area contributed by atoms with Crippen molar-refractivity contribution in [1.82, 2.24) is 10.6 Å². The van der Waals surface area contributed by atoms with Crippen molar-refractivity contribution in [2.75, 3.05) is 20.6 Å². The van der Waals surface area contributed by atoms with Gasteiger partial charge in [-0.15, -0.1) is 0 Å². The Morgan fingerprint density at radius 3 is 2.53 bits per heavy atom. The van der Waals surface area contributed by atoms with Crippen LogP contribution in [0.15, 0.2) is 16.5 Å². The number of hydrogen-bond donors (Lipinski definition) is 2. The van der Waals surface area contributed by atoms with Crippen molar-refractivity contribution in [3.05, 3.63) is 23.7 Å². The van der Waals surface area contributed by atoms with Crippen molar-refractivity contribution < 1.29 is 4.42 Å². The first-order chi connectivity index (χ1) is 7.22. The van der Waals surface area contributed by atoms with Crippen LogP contribution in [0.3, 0.4) is 0 Å². The summed E-state index contributed by atoms with van der Waals surface area (Å²) in [6.45, 7) is 3.05. The third-order valence-corrected chi connectivity index (χ3v) is 3.37. The van der Waals surface area contributed by atoms with E-state index in [4.69, 9.17) is 4.42 Å². The molecule has 3 nitrogen and oxygen atoms in total. The lowest BCUT2D eigenvalue weighted by Gasteiger charge is -2.24. The number of hydrogen-bond acceptors (Lipinski definition) is 3. The Hall–Kier alpha value is -0.800. The molecule has 0 radical (unpaired) electrons. The maximum absolute atomic E-state index is 5.72. The summed E-state index contributed by atoms with van der Waals surface area (Å²) in [4.78, 5) is 0. The summed E-state index contributed by atoms with van der Waals surface area (Å²) in [5, 5.41) is 6.67. The van der Waals surface area contributed by atoms with Gasteiger partial charge in [0.1, 0.15) is 11.5 Å². The molecule has 0 aromatic carbocycles. The molecule has 1 aromatic heterocycles. The van der Waals surface area contributed by atoms with Gasteiger partial charge in [-0.25, -0.2) is 0 Å². The number of rotatable bonds is 5. The van der Waals surface area contributed by atoms with Gasteiger partial charge in [-0.3, -0.25) is 0 Å². The Bertz CT molecular complexity index is 328. The quantitative estimate of drug-likeness (QED) is 0.775. The predicted molar refractivity (Wildman–Crippen MR) is 60.8 cm³/mol. The van der Waals surface area contributed by atoms with E-state index < -0.39 is 0 Å². The van der Waals surface area contributed by atoms with Gasteiger partial charge in [0, 0.05) is 12.0 Å². The minimum atomic E-state index is 0.346. The van der Waals surface area contributed by atoms with Gasteiger partial charge in [-0.05, 0) is 46.0 Å². The maximum Gasteiger partial charge on any atom is 0.121 e. The molecule has 15 heavy (non-hydrogen) atoms. The molecule has 1 aliphatic carbocycles. The van der Waals surface area contributed by atoms with Crippen LogP contribution in [-0.4, -0.2) is 20.6 Å². The van der Waals surface area contributed by atoms with E-state index in [1.54, 1.807) is 0 Å². The van der Waals surface area contributed by atoms with Crippen LogP contribution in [0, 0.1) is 12.3 Å². The minimum Gasteiger partial charge on any atom is -0.465 e. The van der Waals surface area contributed by atoms with Crippen molar-refractivity contribution in [2.45, 2.75) is 25.8 Å². The van der Waals surface area contributed by atoms with E-state index in [9.17, 15) is 0 Å². The Morgan fingerprint density at radius 2 is 2.13 bits per heavy atom. The smallest absolute Gasteiger partial charge is 0.121 e. The zero-order valence-electron chi connectivity index (χ0n) is 9.76. The van der Waals surface area contributed by atoms with E-state index in [1.165, 1.54) is 12.8 Å². The minimum absolute atomic E-state index is 0.346. The summed E-state index contributed by atoms with van der Waals surface area (Å²) < 4.78 is 5.72. The molecule has 1 unspecified atom stereocenters. The van der Waals surface area contributed by atoms with E-state index >= 15 is 0 Å². The van der Waals surface area contributed by atoms with Gasteiger partial charge >= 0.3 is 0 Å². The molecule has 1 atom stereocenters. The molecule has 1 aliphatic rings. The Morgan fingerprint density at radius 1 is 1.40 bits per heavy atom. The van der Waals surface area contributed by atoms with Crippen LogP contribution < -0.4 is 10.6 Å². The highest BCUT2D eigenvalue weighted by molar-refractivity contribution is 5.17. The van der Waals surface area contributed by atoms with E-state index in [0.717, 1.165) is 18.1 Å². The van der Waals surface area contributed by atoms with Crippen molar-refractivity contribution >= 4 is 0 Å². The number of furan rings is 1. The molecule has 0 spiro atoms. The van der Waals surface area contributed by atoms with Gasteiger partial charge in [0.05, 0.1) is 6.04 Å². The molecule has 1 aromatic rings. The first kappa shape index (κ1) is 10.7. The van der Waals surface area contributed by atoms with E-state index in [2.05, 4.69) is 16.7 Å². The monoisotopic (exact) mass is 208 g/mol. The number of aryl methyl sites for hydroxylation is 1. The van der Waals surface area contributed by atoms with Crippen molar-refractivity contribution in [3.63, 3.8) is 0 Å². The van der Waals surface area contributed by atoms with Crippen LogP contribution in [0.5, 0.6) is 0 Å². The molecule has 1 saturated carbocycles. The van der Waals surface area contributed by atoms with Crippen LogP contribution in [-0.2, 0) is 0 Å². The average molecular weight is 208 g/mol. The topological polar surface area (TPSA) is 37.2 Å². The largest absolute Gasteiger partial charge is 0.465 e. The summed E-state index contributed by atoms with van der Waals surface area (Å²) in [6.07, 6.45) is 2.55. The fraction of sp³-hybridized carbons (Fsp3) is 0.667. The van der Waals surface area contributed by atoms with Gasteiger partial charge in [-0.1, -0.05) is 0 Å². The predicted octanol–water partition coefficient (Wildman–Crippen LogP) is 1.85. The average Bonchev–Trinajstić information content (AvgIpc) is 2.85. The second kappa shape index (κ2) is 3.99. The lowest BCUT2D eigenvalue weighted by atomic mass is 9.94. The fourth-order valence-electron chi connectivity index (χ4n) is 2.44. The zero-order chi connectivity index (χ0) is 10.9. The van der Waals surface area contributed by atoms with E-state index in [1.807, 2.05) is 27.1 Å². The summed E-state index contributed by atoms with van der Waals surface area (Å²) in [7, 11) is 4.03. The van der Waals surface area contributed by atoms with Crippen molar-refractivity contribution in [3.8, 4) is 0 Å². The molecule has 0 saturated heterocycles. The normalized spacial score (nSPS) is 20.2. The van der Waals surface area contributed by atoms with Crippen molar-refractivity contribution in [2.24, 2.45) is 5.41 Å². The van der Waals surface area contributed by atoms with Crippen molar-refractivity contribution in [1.29, 1.82) is 0 Å². The van der Waals surface area contributed by atoms with Gasteiger partial charge in [0.25, 0.3) is 0 Å². The molecule has 0 bridgehead atoms. The molecule has 84 valence electrons. The van der Waals surface area contributed by atoms with E-state index in [0.29, 0.717) is 11.5 Å². The standard InChI is InChI=1S/C12H20N2O/c1-9-4-5-10(15-9)11(14-3)12(6-7-12)8-13-2/h4-5,11,13-14H,6-8H2,1-3H3. The molecular weight excluding hydrogens is 188 g/mol. The lowest BCUT2D eigenvalue weighted by molar-refractivity contribution is 0.294. The van der Waals surface area contributed by atoms with Crippen LogP contribution in [0.4, 0.5) is 0 Å². The molecular formula is C12H20N2O. The van der Waals surface area contributed by atoms with E-state index in [-0.39, 0.29) is 0 Å². The summed E-state index contributed by atoms with van der Waals surface area (Å²) in [6, 6.07) is 4.47. The summed E-state index contributed by atoms with van der Waals surface area (Å²) in [5.41, 5.74) is 0.369.